The highest BCUT2D eigenvalue weighted by Crippen LogP contribution is 2.17. The van der Waals surface area contributed by atoms with E-state index < -0.39 is 0 Å². The van der Waals surface area contributed by atoms with Gasteiger partial charge in [-0.05, 0) is 31.0 Å². The fourth-order valence-corrected chi connectivity index (χ4v) is 2.67. The van der Waals surface area contributed by atoms with Crippen molar-refractivity contribution in [3.63, 3.8) is 0 Å². The molecule has 98 valence electrons. The first-order chi connectivity index (χ1) is 8.66. The molecule has 4 heteroatoms. The van der Waals surface area contributed by atoms with Gasteiger partial charge in [-0.15, -0.1) is 0 Å². The van der Waals surface area contributed by atoms with E-state index in [9.17, 15) is 4.79 Å². The van der Waals surface area contributed by atoms with E-state index >= 15 is 0 Å². The van der Waals surface area contributed by atoms with Gasteiger partial charge in [0.1, 0.15) is 0 Å². The third-order valence-corrected chi connectivity index (χ3v) is 3.85. The van der Waals surface area contributed by atoms with Gasteiger partial charge in [-0.3, -0.25) is 4.79 Å². The second-order valence-electron chi connectivity index (χ2n) is 4.72. The summed E-state index contributed by atoms with van der Waals surface area (Å²) in [6.07, 6.45) is 1.74. The monoisotopic (exact) mass is 310 g/mol. The number of nitrogens with one attached hydrogen (secondary N) is 1. The lowest BCUT2D eigenvalue weighted by atomic mass is 10.1. The van der Waals surface area contributed by atoms with Crippen LogP contribution >= 0.6 is 15.9 Å². The van der Waals surface area contributed by atoms with Crippen molar-refractivity contribution in [2.45, 2.75) is 25.8 Å². The van der Waals surface area contributed by atoms with Crippen LogP contribution in [0.15, 0.2) is 28.7 Å². The molecule has 1 aromatic carbocycles. The lowest BCUT2D eigenvalue weighted by Gasteiger charge is -2.19. The second-order valence-corrected chi connectivity index (χ2v) is 5.63. The first-order valence-corrected chi connectivity index (χ1v) is 7.23. The molecule has 0 saturated carbocycles. The number of carbonyl (C=O) groups excluding carboxylic acids is 1. The molecular formula is C14H19BrN2O. The molecule has 1 unspecified atom stereocenters. The Morgan fingerprint density at radius 3 is 3.00 bits per heavy atom. The van der Waals surface area contributed by atoms with Crippen LogP contribution in [0.3, 0.4) is 0 Å². The smallest absolute Gasteiger partial charge is 0.222 e. The predicted molar refractivity (Wildman–Crippen MR) is 76.4 cm³/mol. The highest BCUT2D eigenvalue weighted by atomic mass is 79.9. The zero-order chi connectivity index (χ0) is 13.0. The van der Waals surface area contributed by atoms with E-state index in [0.29, 0.717) is 11.9 Å². The Hall–Kier alpha value is -0.870. The number of likely N-dealkylation sites (tertiary alicyclic amines) is 1. The van der Waals surface area contributed by atoms with Crippen molar-refractivity contribution in [3.8, 4) is 0 Å². The number of hydrogen-bond donors (Lipinski definition) is 1. The van der Waals surface area contributed by atoms with Crippen LogP contribution in [0.5, 0.6) is 0 Å². The zero-order valence-electron chi connectivity index (χ0n) is 10.7. The van der Waals surface area contributed by atoms with Gasteiger partial charge in [0.2, 0.25) is 5.91 Å². The lowest BCUT2D eigenvalue weighted by molar-refractivity contribution is -0.127. The molecule has 2 rings (SSSR count). The summed E-state index contributed by atoms with van der Waals surface area (Å²) in [6, 6.07) is 8.61. The summed E-state index contributed by atoms with van der Waals surface area (Å²) >= 11 is 3.48. The molecule has 0 aromatic heterocycles. The Labute approximate surface area is 117 Å². The van der Waals surface area contributed by atoms with E-state index in [0.717, 1.165) is 36.9 Å². The third kappa shape index (κ3) is 3.56. The maximum atomic E-state index is 11.5. The van der Waals surface area contributed by atoms with Crippen molar-refractivity contribution < 1.29 is 4.79 Å². The molecule has 1 atom stereocenters. The van der Waals surface area contributed by atoms with Crippen molar-refractivity contribution in [1.82, 2.24) is 10.2 Å². The van der Waals surface area contributed by atoms with Crippen LogP contribution in [0.4, 0.5) is 0 Å². The van der Waals surface area contributed by atoms with Crippen molar-refractivity contribution in [2.75, 3.05) is 19.6 Å². The molecule has 1 aliphatic heterocycles. The zero-order valence-corrected chi connectivity index (χ0v) is 12.2. The predicted octanol–water partition coefficient (Wildman–Crippen LogP) is 2.72. The number of carbonyl (C=O) groups is 1. The van der Waals surface area contributed by atoms with Gasteiger partial charge in [-0.2, -0.15) is 0 Å². The standard InChI is InChI=1S/C14H19BrN2O/c1-11(12-4-2-5-13(15)10-12)16-7-9-17-8-3-6-14(17)18/h2,4-5,10-11,16H,3,6-9H2,1H3. The Balaban J connectivity index is 1.78. The van der Waals surface area contributed by atoms with Gasteiger partial charge in [-0.25, -0.2) is 0 Å². The molecule has 3 nitrogen and oxygen atoms in total. The van der Waals surface area contributed by atoms with Crippen molar-refractivity contribution in [3.05, 3.63) is 34.3 Å². The van der Waals surface area contributed by atoms with Gasteiger partial charge in [0.25, 0.3) is 0 Å². The molecule has 1 heterocycles. The molecule has 0 spiro atoms. The minimum atomic E-state index is 0.298. The summed E-state index contributed by atoms with van der Waals surface area (Å²) in [6.45, 7) is 4.73. The van der Waals surface area contributed by atoms with E-state index in [1.165, 1.54) is 5.56 Å². The van der Waals surface area contributed by atoms with E-state index in [1.807, 2.05) is 17.0 Å². The largest absolute Gasteiger partial charge is 0.341 e. The van der Waals surface area contributed by atoms with Gasteiger partial charge in [0.05, 0.1) is 0 Å². The minimum Gasteiger partial charge on any atom is -0.341 e. The molecule has 1 amide bonds. The number of amides is 1. The average molecular weight is 311 g/mol. The Kier molecular flexibility index (Phi) is 4.78. The fraction of sp³-hybridized carbons (Fsp3) is 0.500. The van der Waals surface area contributed by atoms with Crippen molar-refractivity contribution in [1.29, 1.82) is 0 Å². The number of hydrogen-bond acceptors (Lipinski definition) is 2. The van der Waals surface area contributed by atoms with Crippen LogP contribution in [0, 0.1) is 0 Å². The molecule has 1 N–H and O–H groups in total. The number of benzene rings is 1. The number of rotatable bonds is 5. The van der Waals surface area contributed by atoms with Crippen LogP contribution < -0.4 is 5.32 Å². The molecule has 1 fully saturated rings. The topological polar surface area (TPSA) is 32.3 Å². The quantitative estimate of drug-likeness (QED) is 0.907. The lowest BCUT2D eigenvalue weighted by Crippen LogP contribution is -2.33. The molecule has 1 aliphatic rings. The SMILES string of the molecule is CC(NCCN1CCCC1=O)c1cccc(Br)c1. The van der Waals surface area contributed by atoms with E-state index in [1.54, 1.807) is 0 Å². The molecule has 0 bridgehead atoms. The van der Waals surface area contributed by atoms with E-state index in [2.05, 4.69) is 40.3 Å². The minimum absolute atomic E-state index is 0.298. The van der Waals surface area contributed by atoms with Gasteiger partial charge in [0.15, 0.2) is 0 Å². The number of halogens is 1. The second kappa shape index (κ2) is 6.34. The first-order valence-electron chi connectivity index (χ1n) is 6.43. The molecule has 1 saturated heterocycles. The summed E-state index contributed by atoms with van der Waals surface area (Å²) in [5.41, 5.74) is 1.26. The van der Waals surface area contributed by atoms with Gasteiger partial charge in [-0.1, -0.05) is 28.1 Å². The van der Waals surface area contributed by atoms with Crippen LogP contribution in [-0.2, 0) is 4.79 Å². The summed E-state index contributed by atoms with van der Waals surface area (Å²) < 4.78 is 1.10. The van der Waals surface area contributed by atoms with Crippen LogP contribution in [0.1, 0.15) is 31.4 Å². The van der Waals surface area contributed by atoms with Crippen molar-refractivity contribution in [2.24, 2.45) is 0 Å². The molecule has 1 aromatic rings. The Morgan fingerprint density at radius 2 is 2.33 bits per heavy atom. The van der Waals surface area contributed by atoms with Crippen LogP contribution in [-0.4, -0.2) is 30.4 Å². The third-order valence-electron chi connectivity index (χ3n) is 3.35. The summed E-state index contributed by atoms with van der Waals surface area (Å²) in [5.74, 6) is 0.298. The normalized spacial score (nSPS) is 17.2. The number of nitrogens with zero attached hydrogens (tertiary/aromatic N) is 1. The van der Waals surface area contributed by atoms with Crippen molar-refractivity contribution >= 4 is 21.8 Å². The van der Waals surface area contributed by atoms with Gasteiger partial charge in [0, 0.05) is 36.6 Å². The van der Waals surface area contributed by atoms with E-state index in [-0.39, 0.29) is 0 Å². The molecule has 0 radical (unpaired) electrons. The maximum absolute atomic E-state index is 11.5. The van der Waals surface area contributed by atoms with Crippen LogP contribution in [0.2, 0.25) is 0 Å². The Morgan fingerprint density at radius 1 is 1.50 bits per heavy atom. The highest BCUT2D eigenvalue weighted by Gasteiger charge is 2.19. The Bertz CT molecular complexity index is 422. The highest BCUT2D eigenvalue weighted by molar-refractivity contribution is 9.10. The fourth-order valence-electron chi connectivity index (χ4n) is 2.25. The molecule has 18 heavy (non-hydrogen) atoms. The summed E-state index contributed by atoms with van der Waals surface area (Å²) in [7, 11) is 0. The maximum Gasteiger partial charge on any atom is 0.222 e. The van der Waals surface area contributed by atoms with Gasteiger partial charge < -0.3 is 10.2 Å². The molecule has 0 aliphatic carbocycles. The summed E-state index contributed by atoms with van der Waals surface area (Å²) in [4.78, 5) is 13.4. The molecular weight excluding hydrogens is 292 g/mol. The average Bonchev–Trinajstić information content (AvgIpc) is 2.75. The van der Waals surface area contributed by atoms with Gasteiger partial charge >= 0.3 is 0 Å². The van der Waals surface area contributed by atoms with Crippen LogP contribution in [0.25, 0.3) is 0 Å². The summed E-state index contributed by atoms with van der Waals surface area (Å²) in [5, 5.41) is 3.46. The van der Waals surface area contributed by atoms with E-state index in [4.69, 9.17) is 0 Å². The first kappa shape index (κ1) is 13.6.